The Labute approximate surface area is 328 Å². The maximum absolute atomic E-state index is 14.4. The summed E-state index contributed by atoms with van der Waals surface area (Å²) in [7, 11) is -4.66. The van der Waals surface area contributed by atoms with Crippen LogP contribution in [-0.2, 0) is 62.1 Å². The molecule has 1 fully saturated rings. The minimum absolute atomic E-state index is 0.0376. The molecule has 3 rings (SSSR count). The summed E-state index contributed by atoms with van der Waals surface area (Å²) in [6, 6.07) is 3.85. The van der Waals surface area contributed by atoms with Gasteiger partial charge in [-0.25, -0.2) is 19.2 Å². The second-order valence-electron chi connectivity index (χ2n) is 16.7. The number of esters is 4. The van der Waals surface area contributed by atoms with E-state index in [9.17, 15) is 29.0 Å². The van der Waals surface area contributed by atoms with Crippen molar-refractivity contribution >= 4 is 43.0 Å². The molecule has 1 aliphatic rings. The van der Waals surface area contributed by atoms with Crippen molar-refractivity contribution in [2.75, 3.05) is 25.7 Å². The lowest BCUT2D eigenvalue weighted by molar-refractivity contribution is -0.179. The zero-order chi connectivity index (χ0) is 42.4. The van der Waals surface area contributed by atoms with Crippen molar-refractivity contribution in [2.45, 2.75) is 126 Å². The first-order valence-electron chi connectivity index (χ1n) is 18.4. The number of nitrogens with zero attached hydrogens (tertiary/aromatic N) is 4. The summed E-state index contributed by atoms with van der Waals surface area (Å²) in [5, 5.41) is 17.7. The number of carbonyl (C=O) groups excluding carboxylic acids is 4. The predicted molar refractivity (Wildman–Crippen MR) is 201 cm³/mol. The number of fused-ring (bicyclic) bond motifs is 1. The van der Waals surface area contributed by atoms with E-state index < -0.39 is 91.2 Å². The summed E-state index contributed by atoms with van der Waals surface area (Å²) in [5.74, 6) is -2.79. The summed E-state index contributed by atoms with van der Waals surface area (Å²) in [6.07, 6.45) is -2.01. The SMILES string of the molecule is CCC(CC)COC(=O)[C@H](C)NP(=O)(OCOC(=O)C(C)(C)C)OC[C@H]1O[C@@](C#N)(c2ccc3c(N)ncnn23)[C@H](OC(=O)C(C)(C)C)[C@@H]1OC(=O)C(C)(C)C. The lowest BCUT2D eigenvalue weighted by Crippen LogP contribution is -2.48. The Morgan fingerprint density at radius 1 is 0.964 bits per heavy atom. The molecule has 56 heavy (non-hydrogen) atoms. The number of carbonyl (C=O) groups is 4. The lowest BCUT2D eigenvalue weighted by atomic mass is 9.90. The van der Waals surface area contributed by atoms with E-state index in [0.29, 0.717) is 5.52 Å². The Balaban J connectivity index is 2.11. The molecule has 1 saturated heterocycles. The van der Waals surface area contributed by atoms with Crippen LogP contribution in [0.25, 0.3) is 5.52 Å². The molecule has 6 atom stereocenters. The monoisotopic (exact) mass is 808 g/mol. The number of anilines is 1. The molecule has 312 valence electrons. The zero-order valence-corrected chi connectivity index (χ0v) is 35.3. The van der Waals surface area contributed by atoms with Gasteiger partial charge in [-0.15, -0.1) is 0 Å². The molecule has 0 saturated carbocycles. The number of nitrogens with two attached hydrogens (primary N) is 1. The number of ether oxygens (including phenoxy) is 5. The summed E-state index contributed by atoms with van der Waals surface area (Å²) in [4.78, 5) is 56.6. The van der Waals surface area contributed by atoms with Gasteiger partial charge >= 0.3 is 31.6 Å². The molecule has 0 spiro atoms. The highest BCUT2D eigenvalue weighted by Crippen LogP contribution is 2.49. The van der Waals surface area contributed by atoms with E-state index in [1.807, 2.05) is 13.8 Å². The average molecular weight is 809 g/mol. The third-order valence-electron chi connectivity index (χ3n) is 8.89. The van der Waals surface area contributed by atoms with E-state index in [2.05, 4.69) is 21.2 Å². The minimum Gasteiger partial charge on any atom is -0.464 e. The number of nitrogen functional groups attached to an aromatic ring is 1. The highest BCUT2D eigenvalue weighted by molar-refractivity contribution is 7.51. The minimum atomic E-state index is -4.66. The highest BCUT2D eigenvalue weighted by Gasteiger charge is 2.63. The van der Waals surface area contributed by atoms with Crippen molar-refractivity contribution in [3.8, 4) is 6.07 Å². The summed E-state index contributed by atoms with van der Waals surface area (Å²) in [6.45, 7) is 18.2. The molecule has 19 heteroatoms. The van der Waals surface area contributed by atoms with Gasteiger partial charge in [-0.05, 0) is 87.3 Å². The molecule has 0 amide bonds. The maximum atomic E-state index is 14.4. The second-order valence-corrected chi connectivity index (χ2v) is 18.5. The first-order chi connectivity index (χ1) is 25.8. The predicted octanol–water partition coefficient (Wildman–Crippen LogP) is 4.99. The van der Waals surface area contributed by atoms with E-state index in [1.54, 1.807) is 62.3 Å². The molecular weight excluding hydrogens is 751 g/mol. The van der Waals surface area contributed by atoms with Crippen molar-refractivity contribution in [2.24, 2.45) is 22.2 Å². The van der Waals surface area contributed by atoms with Gasteiger partial charge in [-0.3, -0.25) is 28.2 Å². The fraction of sp³-hybridized carbons (Fsp3) is 0.703. The Morgan fingerprint density at radius 2 is 1.55 bits per heavy atom. The van der Waals surface area contributed by atoms with E-state index in [0.717, 1.165) is 19.2 Å². The summed E-state index contributed by atoms with van der Waals surface area (Å²) >= 11 is 0. The quantitative estimate of drug-likeness (QED) is 0.0982. The Hall–Kier alpha value is -4.14. The zero-order valence-electron chi connectivity index (χ0n) is 34.4. The maximum Gasteiger partial charge on any atom is 0.409 e. The van der Waals surface area contributed by atoms with Crippen LogP contribution in [0.4, 0.5) is 5.82 Å². The molecule has 1 unspecified atom stereocenters. The number of nitrogens with one attached hydrogen (secondary N) is 1. The lowest BCUT2D eigenvalue weighted by Gasteiger charge is -2.32. The Kier molecular flexibility index (Phi) is 14.8. The molecule has 3 N–H and O–H groups in total. The van der Waals surface area contributed by atoms with Gasteiger partial charge in [0.25, 0.3) is 0 Å². The second kappa shape index (κ2) is 18.0. The van der Waals surface area contributed by atoms with Gasteiger partial charge < -0.3 is 29.4 Å². The Morgan fingerprint density at radius 3 is 2.11 bits per heavy atom. The Bertz CT molecular complexity index is 1820. The van der Waals surface area contributed by atoms with Gasteiger partial charge in [0, 0.05) is 0 Å². The smallest absolute Gasteiger partial charge is 0.409 e. The van der Waals surface area contributed by atoms with Crippen molar-refractivity contribution in [3.05, 3.63) is 24.2 Å². The van der Waals surface area contributed by atoms with Gasteiger partial charge in [-0.1, -0.05) is 26.7 Å². The standard InChI is InChI=1S/C37H57N6O12P/c1-13-23(14-2)17-49-30(44)22(3)42-56(48,52-21-50-31(45)34(4,5)6)51-18-25-27(53-32(46)35(7,8)9)28(54-33(47)36(10,11)12)37(19-38,55-25)26-16-15-24-29(39)40-20-41-43(24)26/h15-16,20,22-23,25,27-28H,13-14,17-18,21H2,1-12H3,(H,42,48)(H2,39,40,41)/t22-,25+,27+,28+,37-,56?/m0/s1. The van der Waals surface area contributed by atoms with Crippen LogP contribution in [0.1, 0.15) is 102 Å². The topological polar surface area (TPSA) is 242 Å². The molecule has 2 aromatic heterocycles. The molecule has 2 aromatic rings. The number of hydrogen-bond donors (Lipinski definition) is 2. The van der Waals surface area contributed by atoms with Crippen LogP contribution in [0, 0.1) is 33.5 Å². The summed E-state index contributed by atoms with van der Waals surface area (Å²) < 4.78 is 56.1. The third-order valence-corrected chi connectivity index (χ3v) is 10.5. The van der Waals surface area contributed by atoms with E-state index >= 15 is 0 Å². The fourth-order valence-corrected chi connectivity index (χ4v) is 6.52. The van der Waals surface area contributed by atoms with Crippen LogP contribution in [-0.4, -0.2) is 82.8 Å². The first-order valence-corrected chi connectivity index (χ1v) is 20.0. The molecule has 3 heterocycles. The van der Waals surface area contributed by atoms with Crippen molar-refractivity contribution in [1.29, 1.82) is 5.26 Å². The third kappa shape index (κ3) is 11.0. The number of aromatic nitrogens is 3. The average Bonchev–Trinajstić information content (AvgIpc) is 3.67. The van der Waals surface area contributed by atoms with Crippen LogP contribution >= 0.6 is 7.75 Å². The van der Waals surface area contributed by atoms with Crippen LogP contribution < -0.4 is 10.8 Å². The van der Waals surface area contributed by atoms with Gasteiger partial charge in [0.1, 0.15) is 30.1 Å². The van der Waals surface area contributed by atoms with Gasteiger partial charge in [-0.2, -0.15) is 10.4 Å². The highest BCUT2D eigenvalue weighted by atomic mass is 31.2. The fourth-order valence-electron chi connectivity index (χ4n) is 5.18. The van der Waals surface area contributed by atoms with Crippen LogP contribution in [0.5, 0.6) is 0 Å². The normalized spacial score (nSPS) is 21.9. The number of nitriles is 1. The largest absolute Gasteiger partial charge is 0.464 e. The molecule has 18 nitrogen and oxygen atoms in total. The van der Waals surface area contributed by atoms with Crippen molar-refractivity contribution in [1.82, 2.24) is 19.7 Å². The first kappa shape index (κ1) is 46.2. The van der Waals surface area contributed by atoms with Crippen molar-refractivity contribution < 1.29 is 56.5 Å². The van der Waals surface area contributed by atoms with Crippen LogP contribution in [0.2, 0.25) is 0 Å². The van der Waals surface area contributed by atoms with E-state index in [-0.39, 0.29) is 24.0 Å². The molecule has 1 aliphatic heterocycles. The number of rotatable bonds is 16. The van der Waals surface area contributed by atoms with Gasteiger partial charge in [0.2, 0.25) is 12.4 Å². The molecule has 0 aliphatic carbocycles. The van der Waals surface area contributed by atoms with Crippen LogP contribution in [0.3, 0.4) is 0 Å². The molecule has 0 aromatic carbocycles. The van der Waals surface area contributed by atoms with Crippen molar-refractivity contribution in [3.63, 3.8) is 0 Å². The molecular formula is C37H57N6O12P. The number of hydrogen-bond acceptors (Lipinski definition) is 16. The molecule has 0 radical (unpaired) electrons. The van der Waals surface area contributed by atoms with E-state index in [4.69, 9.17) is 38.5 Å². The van der Waals surface area contributed by atoms with E-state index in [1.165, 1.54) is 23.6 Å². The summed E-state index contributed by atoms with van der Waals surface area (Å²) in [5.41, 5.74) is 1.06. The van der Waals surface area contributed by atoms with Gasteiger partial charge in [0.05, 0.1) is 35.2 Å². The van der Waals surface area contributed by atoms with Crippen LogP contribution in [0.15, 0.2) is 18.5 Å². The van der Waals surface area contributed by atoms with Gasteiger partial charge in [0.15, 0.2) is 18.0 Å². The molecule has 0 bridgehead atoms.